The Morgan fingerprint density at radius 1 is 1.53 bits per heavy atom. The number of amides is 1. The number of carboxylic acid groups (broad SMARTS) is 1. The number of anilines is 1. The molecule has 1 amide bonds. The van der Waals surface area contributed by atoms with Gasteiger partial charge >= 0.3 is 5.97 Å². The van der Waals surface area contributed by atoms with Crippen LogP contribution in [0.4, 0.5) is 5.69 Å². The van der Waals surface area contributed by atoms with Gasteiger partial charge in [0.2, 0.25) is 5.91 Å². The molecule has 0 spiro atoms. The number of hydrogen-bond acceptors (Lipinski definition) is 3. The van der Waals surface area contributed by atoms with Crippen molar-refractivity contribution in [1.29, 1.82) is 0 Å². The van der Waals surface area contributed by atoms with Crippen molar-refractivity contribution in [2.45, 2.75) is 6.92 Å². The lowest BCUT2D eigenvalue weighted by molar-refractivity contribution is -0.132. The molecule has 0 aliphatic heterocycles. The third kappa shape index (κ3) is 3.60. The van der Waals surface area contributed by atoms with Crippen molar-refractivity contribution < 1.29 is 14.7 Å². The van der Waals surface area contributed by atoms with Crippen LogP contribution in [0.1, 0.15) is 6.92 Å². The molecule has 2 N–H and O–H groups in total. The zero-order valence-electron chi connectivity index (χ0n) is 8.10. The molecule has 0 bridgehead atoms. The molecule has 1 aromatic rings. The van der Waals surface area contributed by atoms with Crippen molar-refractivity contribution in [3.05, 3.63) is 36.2 Å². The van der Waals surface area contributed by atoms with Crippen molar-refractivity contribution in [1.82, 2.24) is 4.98 Å². The van der Waals surface area contributed by atoms with E-state index in [1.165, 1.54) is 13.1 Å². The summed E-state index contributed by atoms with van der Waals surface area (Å²) in [5.41, 5.74) is 0.508. The third-order valence-corrected chi connectivity index (χ3v) is 1.61. The lowest BCUT2D eigenvalue weighted by atomic mass is 10.3. The van der Waals surface area contributed by atoms with E-state index in [2.05, 4.69) is 10.3 Å². The van der Waals surface area contributed by atoms with Crippen LogP contribution in [0.5, 0.6) is 0 Å². The van der Waals surface area contributed by atoms with E-state index in [9.17, 15) is 9.59 Å². The molecule has 0 aliphatic rings. The normalized spacial score (nSPS) is 10.9. The molecule has 1 heterocycles. The molecule has 5 nitrogen and oxygen atoms in total. The van der Waals surface area contributed by atoms with Crippen molar-refractivity contribution in [3.63, 3.8) is 0 Å². The number of hydrogen-bond donors (Lipinski definition) is 2. The monoisotopic (exact) mass is 206 g/mol. The molecule has 0 saturated carbocycles. The fourth-order valence-corrected chi connectivity index (χ4v) is 0.873. The number of pyridine rings is 1. The van der Waals surface area contributed by atoms with Crippen LogP contribution in [0.3, 0.4) is 0 Å². The average Bonchev–Trinajstić information content (AvgIpc) is 2.18. The van der Waals surface area contributed by atoms with Crippen LogP contribution in [0, 0.1) is 0 Å². The van der Waals surface area contributed by atoms with Crippen LogP contribution < -0.4 is 5.32 Å². The summed E-state index contributed by atoms with van der Waals surface area (Å²) in [5, 5.41) is 11.0. The minimum Gasteiger partial charge on any atom is -0.478 e. The molecule has 0 aliphatic carbocycles. The van der Waals surface area contributed by atoms with Gasteiger partial charge in [0.1, 0.15) is 0 Å². The number of aromatic nitrogens is 1. The van der Waals surface area contributed by atoms with Gasteiger partial charge in [-0.3, -0.25) is 9.78 Å². The van der Waals surface area contributed by atoms with E-state index >= 15 is 0 Å². The SMILES string of the molecule is CC(=CC(=O)Nc1cccnc1)C(=O)O. The highest BCUT2D eigenvalue weighted by molar-refractivity contribution is 6.03. The zero-order chi connectivity index (χ0) is 11.3. The molecular weight excluding hydrogens is 196 g/mol. The lowest BCUT2D eigenvalue weighted by Crippen LogP contribution is -2.10. The summed E-state index contributed by atoms with van der Waals surface area (Å²) in [6.45, 7) is 1.35. The Morgan fingerprint density at radius 3 is 2.80 bits per heavy atom. The summed E-state index contributed by atoms with van der Waals surface area (Å²) >= 11 is 0. The van der Waals surface area contributed by atoms with Gasteiger partial charge in [-0.2, -0.15) is 0 Å². The minimum atomic E-state index is -1.11. The summed E-state index contributed by atoms with van der Waals surface area (Å²) in [5.74, 6) is -1.60. The fraction of sp³-hybridized carbons (Fsp3) is 0.100. The van der Waals surface area contributed by atoms with E-state index in [1.807, 2.05) is 0 Å². The Labute approximate surface area is 86.5 Å². The van der Waals surface area contributed by atoms with E-state index in [4.69, 9.17) is 5.11 Å². The Kier molecular flexibility index (Phi) is 3.56. The third-order valence-electron chi connectivity index (χ3n) is 1.61. The molecule has 0 atom stereocenters. The van der Waals surface area contributed by atoms with Gasteiger partial charge in [-0.05, 0) is 19.1 Å². The first kappa shape index (κ1) is 10.9. The minimum absolute atomic E-state index is 0.0172. The highest BCUT2D eigenvalue weighted by atomic mass is 16.4. The Hall–Kier alpha value is -2.17. The van der Waals surface area contributed by atoms with Crippen molar-refractivity contribution in [3.8, 4) is 0 Å². The van der Waals surface area contributed by atoms with Crippen LogP contribution in [0.25, 0.3) is 0 Å². The van der Waals surface area contributed by atoms with Crippen LogP contribution >= 0.6 is 0 Å². The molecule has 0 unspecified atom stereocenters. The van der Waals surface area contributed by atoms with Crippen molar-refractivity contribution in [2.24, 2.45) is 0 Å². The number of aliphatic carboxylic acids is 1. The van der Waals surface area contributed by atoms with Crippen LogP contribution in [-0.4, -0.2) is 22.0 Å². The van der Waals surface area contributed by atoms with Crippen molar-refractivity contribution >= 4 is 17.6 Å². The Bertz CT molecular complexity index is 398. The number of carbonyl (C=O) groups is 2. The van der Waals surface area contributed by atoms with E-state index < -0.39 is 11.9 Å². The van der Waals surface area contributed by atoms with Gasteiger partial charge in [-0.1, -0.05) is 0 Å². The van der Waals surface area contributed by atoms with Crippen LogP contribution in [-0.2, 0) is 9.59 Å². The maximum atomic E-state index is 11.2. The topological polar surface area (TPSA) is 79.3 Å². The molecule has 0 radical (unpaired) electrons. The van der Waals surface area contributed by atoms with Crippen LogP contribution in [0.15, 0.2) is 36.2 Å². The smallest absolute Gasteiger partial charge is 0.331 e. The summed E-state index contributed by atoms with van der Waals surface area (Å²) < 4.78 is 0. The Balaban J connectivity index is 2.65. The number of rotatable bonds is 3. The van der Waals surface area contributed by atoms with Gasteiger partial charge in [0.15, 0.2) is 0 Å². The van der Waals surface area contributed by atoms with Gasteiger partial charge in [-0.25, -0.2) is 4.79 Å². The predicted molar refractivity (Wildman–Crippen MR) is 54.3 cm³/mol. The maximum absolute atomic E-state index is 11.2. The quantitative estimate of drug-likeness (QED) is 0.724. The first-order valence-electron chi connectivity index (χ1n) is 4.22. The molecule has 5 heteroatoms. The summed E-state index contributed by atoms with van der Waals surface area (Å²) in [4.78, 5) is 25.5. The van der Waals surface area contributed by atoms with E-state index in [0.29, 0.717) is 5.69 Å². The van der Waals surface area contributed by atoms with E-state index in [0.717, 1.165) is 6.08 Å². The maximum Gasteiger partial charge on any atom is 0.331 e. The van der Waals surface area contributed by atoms with Crippen molar-refractivity contribution in [2.75, 3.05) is 5.32 Å². The lowest BCUT2D eigenvalue weighted by Gasteiger charge is -2.00. The van der Waals surface area contributed by atoms with Gasteiger partial charge in [0.05, 0.1) is 11.9 Å². The number of carboxylic acids is 1. The second-order valence-corrected chi connectivity index (χ2v) is 2.86. The average molecular weight is 206 g/mol. The largest absolute Gasteiger partial charge is 0.478 e. The first-order valence-corrected chi connectivity index (χ1v) is 4.22. The second-order valence-electron chi connectivity index (χ2n) is 2.86. The molecule has 15 heavy (non-hydrogen) atoms. The standard InChI is InChI=1S/C10H10N2O3/c1-7(10(14)15)5-9(13)12-8-3-2-4-11-6-8/h2-6H,1H3,(H,12,13)(H,14,15). The molecule has 0 saturated heterocycles. The molecule has 0 fully saturated rings. The fourth-order valence-electron chi connectivity index (χ4n) is 0.873. The summed E-state index contributed by atoms with van der Waals surface area (Å²) in [6.07, 6.45) is 4.07. The van der Waals surface area contributed by atoms with Gasteiger partial charge in [0, 0.05) is 17.8 Å². The Morgan fingerprint density at radius 2 is 2.27 bits per heavy atom. The summed E-state index contributed by atoms with van der Waals surface area (Å²) in [7, 11) is 0. The number of carbonyl (C=O) groups excluding carboxylic acids is 1. The van der Waals surface area contributed by atoms with Crippen LogP contribution in [0.2, 0.25) is 0 Å². The molecule has 78 valence electrons. The number of nitrogens with one attached hydrogen (secondary N) is 1. The highest BCUT2D eigenvalue weighted by Crippen LogP contribution is 2.03. The molecule has 0 aromatic carbocycles. The second kappa shape index (κ2) is 4.90. The highest BCUT2D eigenvalue weighted by Gasteiger charge is 2.04. The van der Waals surface area contributed by atoms with Gasteiger partial charge < -0.3 is 10.4 Å². The predicted octanol–water partition coefficient (Wildman–Crippen LogP) is 1.05. The molecule has 1 rings (SSSR count). The van der Waals surface area contributed by atoms with E-state index in [-0.39, 0.29) is 5.57 Å². The molecule has 1 aromatic heterocycles. The zero-order valence-corrected chi connectivity index (χ0v) is 8.10. The number of nitrogens with zero attached hydrogens (tertiary/aromatic N) is 1. The van der Waals surface area contributed by atoms with E-state index in [1.54, 1.807) is 18.3 Å². The van der Waals surface area contributed by atoms with Gasteiger partial charge in [-0.15, -0.1) is 0 Å². The van der Waals surface area contributed by atoms with Gasteiger partial charge in [0.25, 0.3) is 0 Å². The summed E-state index contributed by atoms with van der Waals surface area (Å²) in [6, 6.07) is 3.33. The molecular formula is C10H10N2O3. The first-order chi connectivity index (χ1) is 7.09.